The largest absolute Gasteiger partial charge is 0.510 e. The molecular formula is C74H78N4OPt-2. The zero-order valence-electron chi connectivity index (χ0n) is 49.8. The fraction of sp³-hybridized carbons (Fsp3) is 0.351. The zero-order chi connectivity index (χ0) is 55.8. The minimum Gasteiger partial charge on any atom is -0.510 e. The van der Waals surface area contributed by atoms with Crippen LogP contribution in [0.4, 0.5) is 0 Å². The van der Waals surface area contributed by atoms with Gasteiger partial charge in [-0.05, 0) is 143 Å². The summed E-state index contributed by atoms with van der Waals surface area (Å²) in [6.45, 7) is 36.2. The van der Waals surface area contributed by atoms with Gasteiger partial charge in [0.2, 0.25) is 0 Å². The Morgan fingerprint density at radius 3 is 1.65 bits per heavy atom. The fourth-order valence-electron chi connectivity index (χ4n) is 15.6. The van der Waals surface area contributed by atoms with Crippen LogP contribution in [0.15, 0.2) is 152 Å². The molecule has 0 amide bonds. The van der Waals surface area contributed by atoms with Gasteiger partial charge in [0, 0.05) is 44.3 Å². The first-order valence-electron chi connectivity index (χ1n) is 28.7. The molecule has 10 aromatic rings. The van der Waals surface area contributed by atoms with E-state index in [1.165, 1.54) is 50.1 Å². The molecule has 2 aliphatic carbocycles. The quantitative estimate of drug-likeness (QED) is 0.0906. The van der Waals surface area contributed by atoms with Gasteiger partial charge in [-0.2, -0.15) is 18.2 Å². The van der Waals surface area contributed by atoms with Crippen LogP contribution >= 0.6 is 0 Å². The van der Waals surface area contributed by atoms with Crippen LogP contribution in [0.3, 0.4) is 0 Å². The van der Waals surface area contributed by atoms with Crippen molar-refractivity contribution in [3.63, 3.8) is 0 Å². The Morgan fingerprint density at radius 2 is 1.05 bits per heavy atom. The molecule has 6 heteroatoms. The maximum atomic E-state index is 6.79. The van der Waals surface area contributed by atoms with Crippen molar-refractivity contribution in [3.05, 3.63) is 198 Å². The number of ether oxygens (including phenoxy) is 1. The summed E-state index contributed by atoms with van der Waals surface area (Å²) in [6.07, 6.45) is 10.4. The van der Waals surface area contributed by atoms with E-state index in [1.54, 1.807) is 0 Å². The maximum absolute atomic E-state index is 6.79. The Balaban J connectivity index is 0.00000675. The van der Waals surface area contributed by atoms with E-state index in [-0.39, 0.29) is 59.0 Å². The molecule has 0 unspecified atom stereocenters. The van der Waals surface area contributed by atoms with Crippen molar-refractivity contribution < 1.29 is 30.4 Å². The van der Waals surface area contributed by atoms with Gasteiger partial charge in [-0.15, -0.1) is 29.7 Å². The number of nitrogens with zero attached hydrogens (tertiary/aromatic N) is 4. The summed E-state index contributed by atoms with van der Waals surface area (Å²) in [7, 11) is 0. The van der Waals surface area contributed by atoms with E-state index >= 15 is 0 Å². The van der Waals surface area contributed by atoms with Crippen molar-refractivity contribution in [2.24, 2.45) is 10.8 Å². The van der Waals surface area contributed by atoms with Crippen molar-refractivity contribution >= 4 is 32.8 Å². The Morgan fingerprint density at radius 1 is 0.512 bits per heavy atom. The molecule has 0 bridgehead atoms. The molecule has 0 saturated heterocycles. The number of hydrogen-bond acceptors (Lipinski definition) is 2. The third-order valence-electron chi connectivity index (χ3n) is 17.7. The number of pyridine rings is 1. The minimum atomic E-state index is -0.0372. The molecule has 0 fully saturated rings. The molecule has 0 spiro atoms. The normalized spacial score (nSPS) is 17.7. The minimum absolute atomic E-state index is 0. The first kappa shape index (κ1) is 55.4. The summed E-state index contributed by atoms with van der Waals surface area (Å²) in [5, 5.41) is 2.23. The number of aromatic nitrogens is 4. The van der Waals surface area contributed by atoms with Gasteiger partial charge in [-0.3, -0.25) is 4.57 Å². The monoisotopic (exact) mass is 1230 g/mol. The summed E-state index contributed by atoms with van der Waals surface area (Å²) in [5.41, 5.74) is 18.1. The van der Waals surface area contributed by atoms with E-state index in [0.717, 1.165) is 75.7 Å². The average molecular weight is 1230 g/mol. The van der Waals surface area contributed by atoms with E-state index in [2.05, 4.69) is 263 Å². The second-order valence-corrected chi connectivity index (χ2v) is 28.6. The summed E-state index contributed by atoms with van der Waals surface area (Å²) in [5.74, 6) is 2.03. The number of hydrogen-bond donors (Lipinski definition) is 0. The van der Waals surface area contributed by atoms with Crippen molar-refractivity contribution in [2.75, 3.05) is 0 Å². The maximum Gasteiger partial charge on any atom is 0.268 e. The van der Waals surface area contributed by atoms with Gasteiger partial charge in [-0.1, -0.05) is 206 Å². The van der Waals surface area contributed by atoms with Crippen molar-refractivity contribution in [1.29, 1.82) is 0 Å². The second kappa shape index (κ2) is 19.3. The Bertz CT molecular complexity index is 3950. The summed E-state index contributed by atoms with van der Waals surface area (Å²) in [6, 6.07) is 60.8. The van der Waals surface area contributed by atoms with Gasteiger partial charge in [0.15, 0.2) is 0 Å². The van der Waals surface area contributed by atoms with Crippen LogP contribution < -0.4 is 9.30 Å². The molecule has 12 rings (SSSR count). The predicted octanol–water partition coefficient (Wildman–Crippen LogP) is 19.0. The number of benzene rings is 7. The van der Waals surface area contributed by atoms with Gasteiger partial charge < -0.3 is 13.9 Å². The van der Waals surface area contributed by atoms with Gasteiger partial charge in [0.05, 0.1) is 16.7 Å². The van der Waals surface area contributed by atoms with Gasteiger partial charge in [0.1, 0.15) is 5.82 Å². The molecule has 0 saturated carbocycles. The number of rotatable bonds is 7. The van der Waals surface area contributed by atoms with E-state index in [1.807, 2.05) is 24.4 Å². The number of para-hydroxylation sites is 4. The molecular weight excluding hydrogens is 1160 g/mol. The SMILES string of the molecule is CC1(C)CC(C)(C)c2ccc(-c3cccc(-c4ccc5c(c4)C(C)(C)CC(C)(C)CC5(C)C)c3-[n+]3[c-]n(-c4[c-]c(Oc5[c-]c6c(cc5)c5ccccc5n6-c5cc(C(C)(C)C)ccn5)ccc4)c4ccccc43)cc2C(C)(C)C1.[Pt]. The van der Waals surface area contributed by atoms with Gasteiger partial charge in [-0.25, -0.2) is 4.98 Å². The molecule has 0 aliphatic heterocycles. The standard InChI is InChI=1S/C74H78N4O.Pt/c1-68(2,3)50-36-37-75-66(40-50)78-62-27-17-16-24-56(62)57-33-32-53(42-65(57)78)79-52-23-20-22-51(41-52)76-47-77(64-29-19-18-28-63(64)76)67-54(48-30-34-58-60(38-48)73(12,13)45-69(4,5)43-71(58,8)9)25-21-26-55(67)49-31-35-59-61(39-49)74(14,15)46-70(6,7)44-72(59,10)11;/h16-40H,43-46H2,1-15H3;/q-2;. The Kier molecular flexibility index (Phi) is 13.4. The molecule has 0 radical (unpaired) electrons. The first-order chi connectivity index (χ1) is 37.2. The van der Waals surface area contributed by atoms with Crippen molar-refractivity contribution in [2.45, 2.75) is 157 Å². The van der Waals surface area contributed by atoms with Crippen LogP contribution in [0.2, 0.25) is 0 Å². The molecule has 0 N–H and O–H groups in total. The Hall–Kier alpha value is -6.55. The summed E-state index contributed by atoms with van der Waals surface area (Å²) < 4.78 is 13.5. The van der Waals surface area contributed by atoms with E-state index < -0.39 is 0 Å². The molecule has 3 aromatic heterocycles. The molecule has 5 nitrogen and oxygen atoms in total. The van der Waals surface area contributed by atoms with Crippen LogP contribution in [-0.2, 0) is 48.1 Å². The topological polar surface area (TPSA) is 35.9 Å². The molecule has 80 heavy (non-hydrogen) atoms. The first-order valence-corrected chi connectivity index (χ1v) is 28.7. The van der Waals surface area contributed by atoms with Crippen LogP contribution in [-0.4, -0.2) is 14.1 Å². The van der Waals surface area contributed by atoms with E-state index in [9.17, 15) is 0 Å². The smallest absolute Gasteiger partial charge is 0.268 e. The second-order valence-electron chi connectivity index (χ2n) is 28.6. The van der Waals surface area contributed by atoms with Crippen LogP contribution in [0.25, 0.3) is 72.3 Å². The Labute approximate surface area is 490 Å². The fourth-order valence-corrected chi connectivity index (χ4v) is 15.6. The molecule has 0 atom stereocenters. The van der Waals surface area contributed by atoms with Crippen molar-refractivity contribution in [1.82, 2.24) is 14.1 Å². The molecule has 7 aromatic carbocycles. The number of imidazole rings is 1. The van der Waals surface area contributed by atoms with E-state index in [0.29, 0.717) is 11.5 Å². The van der Waals surface area contributed by atoms with Crippen LogP contribution in [0.1, 0.15) is 157 Å². The summed E-state index contributed by atoms with van der Waals surface area (Å²) >= 11 is 0. The average Bonchev–Trinajstić information content (AvgIpc) is 3.90. The predicted molar refractivity (Wildman–Crippen MR) is 328 cm³/mol. The van der Waals surface area contributed by atoms with Gasteiger partial charge in [0.25, 0.3) is 6.33 Å². The van der Waals surface area contributed by atoms with Crippen LogP contribution in [0.5, 0.6) is 11.5 Å². The third-order valence-corrected chi connectivity index (χ3v) is 17.7. The molecule has 412 valence electrons. The van der Waals surface area contributed by atoms with Crippen molar-refractivity contribution in [3.8, 4) is 50.9 Å². The molecule has 3 heterocycles. The van der Waals surface area contributed by atoms with Gasteiger partial charge >= 0.3 is 0 Å². The zero-order valence-corrected chi connectivity index (χ0v) is 52.0. The van der Waals surface area contributed by atoms with Crippen LogP contribution in [0, 0.1) is 29.3 Å². The van der Waals surface area contributed by atoms with E-state index in [4.69, 9.17) is 9.72 Å². The third kappa shape index (κ3) is 9.78. The molecule has 2 aliphatic rings. The summed E-state index contributed by atoms with van der Waals surface area (Å²) in [4.78, 5) is 4.91. The number of fused-ring (bicyclic) bond motifs is 6.